The highest BCUT2D eigenvalue weighted by molar-refractivity contribution is 6.36. The molecule has 0 radical (unpaired) electrons. The molecular weight excluding hydrogens is 475 g/mol. The van der Waals surface area contributed by atoms with E-state index in [0.717, 1.165) is 11.3 Å². The highest BCUT2D eigenvalue weighted by Gasteiger charge is 2.47. The lowest BCUT2D eigenvalue weighted by Gasteiger charge is -2.38. The number of carbonyl (C=O) groups excluding carboxylic acids is 2. The zero-order valence-corrected chi connectivity index (χ0v) is 18.9. The Labute approximate surface area is 197 Å². The van der Waals surface area contributed by atoms with Gasteiger partial charge in [-0.3, -0.25) is 14.5 Å². The molecule has 12 heteroatoms. The average molecular weight is 497 g/mol. The number of halogens is 4. The van der Waals surface area contributed by atoms with Crippen LogP contribution in [0.5, 0.6) is 0 Å². The number of alkyl halides is 3. The van der Waals surface area contributed by atoms with Crippen molar-refractivity contribution in [2.75, 3.05) is 33.2 Å². The van der Waals surface area contributed by atoms with Crippen molar-refractivity contribution in [2.24, 2.45) is 5.73 Å². The number of piperazine rings is 1. The van der Waals surface area contributed by atoms with Crippen molar-refractivity contribution in [1.82, 2.24) is 14.7 Å². The van der Waals surface area contributed by atoms with Gasteiger partial charge >= 0.3 is 12.1 Å². The largest absolute Gasteiger partial charge is 0.497 e. The molecule has 1 saturated heterocycles. The topological polar surface area (TPSA) is 90.5 Å². The summed E-state index contributed by atoms with van der Waals surface area (Å²) in [6.07, 6.45) is -3.28. The van der Waals surface area contributed by atoms with Gasteiger partial charge in [0.1, 0.15) is 25.7 Å². The number of rotatable bonds is 5. The Morgan fingerprint density at radius 3 is 2.38 bits per heavy atom. The molecule has 8 nitrogen and oxygen atoms in total. The molecule has 0 unspecified atom stereocenters. The van der Waals surface area contributed by atoms with Crippen LogP contribution in [0.25, 0.3) is 16.6 Å². The highest BCUT2D eigenvalue weighted by atomic mass is 35.5. The summed E-state index contributed by atoms with van der Waals surface area (Å²) in [6.45, 7) is 2.04. The first kappa shape index (κ1) is 24.0. The summed E-state index contributed by atoms with van der Waals surface area (Å²) < 4.78 is 38.7. The molecule has 34 heavy (non-hydrogen) atoms. The fourth-order valence-electron chi connectivity index (χ4n) is 3.85. The molecule has 1 amide bonds. The minimum absolute atomic E-state index is 0.253. The molecule has 0 saturated carbocycles. The number of likely N-dealkylation sites (N-methyl/N-ethyl adjacent to an activating group) is 1. The Bertz CT molecular complexity index is 1240. The van der Waals surface area contributed by atoms with Crippen LogP contribution >= 0.6 is 11.6 Å². The average Bonchev–Trinajstić information content (AvgIpc) is 3.21. The minimum atomic E-state index is -5.01. The van der Waals surface area contributed by atoms with Crippen LogP contribution in [0.1, 0.15) is 15.9 Å². The van der Waals surface area contributed by atoms with Gasteiger partial charge in [0, 0.05) is 18.1 Å². The molecular formula is C22H22ClF3N5O3+. The van der Waals surface area contributed by atoms with Crippen molar-refractivity contribution in [3.63, 3.8) is 0 Å². The number of benzene rings is 2. The number of hydrogen-bond acceptors (Lipinski definition) is 5. The number of nitrogens with two attached hydrogens (primary N) is 1. The van der Waals surface area contributed by atoms with Crippen LogP contribution in [-0.4, -0.2) is 70.6 Å². The van der Waals surface area contributed by atoms with E-state index < -0.39 is 22.7 Å². The third-order valence-electron chi connectivity index (χ3n) is 5.81. The fraction of sp³-hybridized carbons (Fsp3) is 0.318. The second kappa shape index (κ2) is 8.90. The van der Waals surface area contributed by atoms with Gasteiger partial charge in [0.2, 0.25) is 0 Å². The number of fused-ring (bicyclic) bond motifs is 1. The number of hydrogen-bond donors (Lipinski definition) is 1. The number of aromatic nitrogens is 2. The third-order valence-corrected chi connectivity index (χ3v) is 6.14. The molecule has 180 valence electrons. The molecule has 2 aromatic carbocycles. The van der Waals surface area contributed by atoms with Gasteiger partial charge in [-0.25, -0.2) is 9.48 Å². The molecule has 2 heterocycles. The lowest BCUT2D eigenvalue weighted by molar-refractivity contribution is -1.08. The predicted octanol–water partition coefficient (Wildman–Crippen LogP) is 3.06. The van der Waals surface area contributed by atoms with Gasteiger partial charge in [0.05, 0.1) is 29.4 Å². The SMILES string of the molecule is C[N+]1(OC(=O)C(F)(F)F)CCN(Cc2ccc(-n3cc4c(Cl)ccc(C(N)=O)c4n3)cc2)CC1. The van der Waals surface area contributed by atoms with Crippen LogP contribution in [0, 0.1) is 0 Å². The van der Waals surface area contributed by atoms with Crippen molar-refractivity contribution in [3.8, 4) is 5.69 Å². The summed E-state index contributed by atoms with van der Waals surface area (Å²) in [5, 5.41) is 5.54. The molecule has 0 aliphatic carbocycles. The van der Waals surface area contributed by atoms with E-state index in [2.05, 4.69) is 14.8 Å². The van der Waals surface area contributed by atoms with Gasteiger partial charge in [0.15, 0.2) is 0 Å². The predicted molar refractivity (Wildman–Crippen MR) is 118 cm³/mol. The van der Waals surface area contributed by atoms with Crippen LogP contribution < -0.4 is 5.73 Å². The molecule has 1 aliphatic rings. The molecule has 2 N–H and O–H groups in total. The molecule has 1 fully saturated rings. The summed E-state index contributed by atoms with van der Waals surface area (Å²) >= 11 is 6.24. The van der Waals surface area contributed by atoms with Crippen molar-refractivity contribution in [2.45, 2.75) is 12.7 Å². The van der Waals surface area contributed by atoms with Gasteiger partial charge in [-0.2, -0.15) is 18.3 Å². The van der Waals surface area contributed by atoms with Crippen LogP contribution in [-0.2, 0) is 16.2 Å². The first-order valence-electron chi connectivity index (χ1n) is 10.4. The van der Waals surface area contributed by atoms with Crippen molar-refractivity contribution < 1.29 is 32.2 Å². The number of amides is 1. The number of nitrogens with zero attached hydrogens (tertiary/aromatic N) is 4. The standard InChI is InChI=1S/C22H21ClF3N5O3/c1-31(34-21(33)22(24,25)26)10-8-29(9-11-31)12-14-2-4-15(5-3-14)30-13-17-18(23)7-6-16(20(27)32)19(17)28-30/h2-7,13H,8-12H2,1H3,(H-,27,32)/p+1. The van der Waals surface area contributed by atoms with Crippen LogP contribution in [0.3, 0.4) is 0 Å². The van der Waals surface area contributed by atoms with E-state index in [4.69, 9.17) is 17.3 Å². The number of carbonyl (C=O) groups is 2. The van der Waals surface area contributed by atoms with Crippen LogP contribution in [0.4, 0.5) is 13.2 Å². The van der Waals surface area contributed by atoms with Crippen molar-refractivity contribution in [1.29, 1.82) is 0 Å². The van der Waals surface area contributed by atoms with E-state index in [1.165, 1.54) is 7.05 Å². The third kappa shape index (κ3) is 5.01. The molecule has 0 atom stereocenters. The number of hydroxylamine groups is 3. The quantitative estimate of drug-likeness (QED) is 0.548. The van der Waals surface area contributed by atoms with E-state index in [1.807, 2.05) is 24.3 Å². The number of primary amides is 1. The van der Waals surface area contributed by atoms with Crippen molar-refractivity contribution in [3.05, 3.63) is 58.7 Å². The monoisotopic (exact) mass is 496 g/mol. The first-order chi connectivity index (χ1) is 15.9. The summed E-state index contributed by atoms with van der Waals surface area (Å²) in [4.78, 5) is 29.6. The van der Waals surface area contributed by atoms with Crippen molar-refractivity contribution >= 4 is 34.4 Å². The molecule has 3 aromatic rings. The van der Waals surface area contributed by atoms with E-state index in [1.54, 1.807) is 23.0 Å². The zero-order valence-electron chi connectivity index (χ0n) is 18.2. The van der Waals surface area contributed by atoms with Crippen LogP contribution in [0.2, 0.25) is 5.02 Å². The second-order valence-electron chi connectivity index (χ2n) is 8.36. The van der Waals surface area contributed by atoms with E-state index in [-0.39, 0.29) is 18.7 Å². The first-order valence-corrected chi connectivity index (χ1v) is 10.8. The van der Waals surface area contributed by atoms with Gasteiger partial charge < -0.3 is 5.73 Å². The maximum atomic E-state index is 12.5. The van der Waals surface area contributed by atoms with E-state index in [9.17, 15) is 22.8 Å². The summed E-state index contributed by atoms with van der Waals surface area (Å²) in [7, 11) is 1.47. The maximum Gasteiger partial charge on any atom is 0.497 e. The smallest absolute Gasteiger partial charge is 0.366 e. The molecule has 1 aliphatic heterocycles. The minimum Gasteiger partial charge on any atom is -0.366 e. The van der Waals surface area contributed by atoms with Gasteiger partial charge in [-0.15, -0.1) is 4.65 Å². The number of quaternary nitrogens is 1. The second-order valence-corrected chi connectivity index (χ2v) is 8.77. The lowest BCUT2D eigenvalue weighted by atomic mass is 10.1. The Kier molecular flexibility index (Phi) is 6.28. The van der Waals surface area contributed by atoms with Gasteiger partial charge in [-0.1, -0.05) is 23.7 Å². The summed E-state index contributed by atoms with van der Waals surface area (Å²) in [5.41, 5.74) is 7.90. The lowest BCUT2D eigenvalue weighted by Crippen LogP contribution is -2.58. The molecule has 0 spiro atoms. The summed E-state index contributed by atoms with van der Waals surface area (Å²) in [6, 6.07) is 10.7. The highest BCUT2D eigenvalue weighted by Crippen LogP contribution is 2.27. The Morgan fingerprint density at radius 2 is 1.79 bits per heavy atom. The normalized spacial score (nSPS) is 16.5. The summed E-state index contributed by atoms with van der Waals surface area (Å²) in [5.74, 6) is -2.76. The Balaban J connectivity index is 1.42. The Hall–Kier alpha value is -3.15. The van der Waals surface area contributed by atoms with E-state index in [0.29, 0.717) is 35.6 Å². The van der Waals surface area contributed by atoms with Gasteiger partial charge in [-0.05, 0) is 29.8 Å². The molecule has 4 rings (SSSR count). The maximum absolute atomic E-state index is 12.5. The zero-order chi connectivity index (χ0) is 24.7. The Morgan fingerprint density at radius 1 is 1.15 bits per heavy atom. The van der Waals surface area contributed by atoms with Gasteiger partial charge in [0.25, 0.3) is 5.91 Å². The fourth-order valence-corrected chi connectivity index (χ4v) is 4.05. The van der Waals surface area contributed by atoms with E-state index >= 15 is 0 Å². The molecule has 1 aromatic heterocycles. The van der Waals surface area contributed by atoms with Crippen LogP contribution in [0.15, 0.2) is 42.6 Å². The molecule has 0 bridgehead atoms.